The highest BCUT2D eigenvalue weighted by atomic mass is 15.2. The van der Waals surface area contributed by atoms with Gasteiger partial charge in [-0.15, -0.1) is 0 Å². The van der Waals surface area contributed by atoms with Crippen molar-refractivity contribution in [2.45, 2.75) is 19.4 Å². The number of hydrazine groups is 1. The van der Waals surface area contributed by atoms with E-state index in [4.69, 9.17) is 5.84 Å². The minimum atomic E-state index is 0.723. The predicted molar refractivity (Wildman–Crippen MR) is 74.1 cm³/mol. The van der Waals surface area contributed by atoms with Crippen LogP contribution in [-0.4, -0.2) is 48.0 Å². The molecule has 0 spiro atoms. The molecule has 2 rings (SSSR count). The van der Waals surface area contributed by atoms with E-state index >= 15 is 0 Å². The summed E-state index contributed by atoms with van der Waals surface area (Å²) in [5.41, 5.74) is 3.82. The predicted octanol–water partition coefficient (Wildman–Crippen LogP) is 0.895. The van der Waals surface area contributed by atoms with Crippen LogP contribution in [0.25, 0.3) is 0 Å². The van der Waals surface area contributed by atoms with Crippen LogP contribution in [0.1, 0.15) is 18.4 Å². The largest absolute Gasteiger partial charge is 0.308 e. The second-order valence-corrected chi connectivity index (χ2v) is 4.98. The first-order valence-corrected chi connectivity index (χ1v) is 6.60. The van der Waals surface area contributed by atoms with Gasteiger partial charge in [0.25, 0.3) is 0 Å². The van der Waals surface area contributed by atoms with E-state index in [0.29, 0.717) is 0 Å². The molecule has 0 saturated carbocycles. The SMILES string of the molecule is CN(CCN1CCCC1)Cc1ccnc(NN)c1. The molecule has 18 heavy (non-hydrogen) atoms. The van der Waals surface area contributed by atoms with Crippen molar-refractivity contribution in [2.24, 2.45) is 5.84 Å². The van der Waals surface area contributed by atoms with Crippen LogP contribution >= 0.6 is 0 Å². The second kappa shape index (κ2) is 6.68. The monoisotopic (exact) mass is 249 g/mol. The summed E-state index contributed by atoms with van der Waals surface area (Å²) in [6, 6.07) is 4.03. The number of nitrogen functional groups attached to an aromatic ring is 1. The highest BCUT2D eigenvalue weighted by Crippen LogP contribution is 2.09. The first-order valence-electron chi connectivity index (χ1n) is 6.60. The van der Waals surface area contributed by atoms with E-state index in [1.807, 2.05) is 12.1 Å². The second-order valence-electron chi connectivity index (χ2n) is 4.98. The lowest BCUT2D eigenvalue weighted by molar-refractivity contribution is 0.252. The molecule has 0 unspecified atom stereocenters. The number of pyridine rings is 1. The van der Waals surface area contributed by atoms with Gasteiger partial charge in [0, 0.05) is 25.8 Å². The van der Waals surface area contributed by atoms with Gasteiger partial charge in [-0.3, -0.25) is 0 Å². The Hall–Kier alpha value is -1.17. The average molecular weight is 249 g/mol. The van der Waals surface area contributed by atoms with Crippen molar-refractivity contribution in [3.05, 3.63) is 23.9 Å². The number of nitrogens with zero attached hydrogens (tertiary/aromatic N) is 3. The van der Waals surface area contributed by atoms with E-state index in [0.717, 1.165) is 18.9 Å². The van der Waals surface area contributed by atoms with Gasteiger partial charge in [0.2, 0.25) is 0 Å². The molecule has 2 heterocycles. The van der Waals surface area contributed by atoms with Gasteiger partial charge < -0.3 is 15.2 Å². The summed E-state index contributed by atoms with van der Waals surface area (Å²) >= 11 is 0. The Balaban J connectivity index is 1.76. The van der Waals surface area contributed by atoms with Crippen LogP contribution in [0.15, 0.2) is 18.3 Å². The quantitative estimate of drug-likeness (QED) is 0.579. The van der Waals surface area contributed by atoms with Gasteiger partial charge in [0.05, 0.1) is 0 Å². The number of likely N-dealkylation sites (N-methyl/N-ethyl adjacent to an activating group) is 1. The molecule has 0 atom stereocenters. The van der Waals surface area contributed by atoms with Crippen LogP contribution in [-0.2, 0) is 6.54 Å². The molecule has 1 saturated heterocycles. The van der Waals surface area contributed by atoms with Gasteiger partial charge in [-0.2, -0.15) is 0 Å². The molecule has 1 aromatic rings. The van der Waals surface area contributed by atoms with Gasteiger partial charge in [-0.05, 0) is 50.7 Å². The van der Waals surface area contributed by atoms with Crippen molar-refractivity contribution >= 4 is 5.82 Å². The topological polar surface area (TPSA) is 57.4 Å². The van der Waals surface area contributed by atoms with Crippen molar-refractivity contribution in [1.82, 2.24) is 14.8 Å². The molecule has 0 aliphatic carbocycles. The molecule has 1 aromatic heterocycles. The third-order valence-electron chi connectivity index (χ3n) is 3.42. The van der Waals surface area contributed by atoms with Crippen LogP contribution in [0.2, 0.25) is 0 Å². The van der Waals surface area contributed by atoms with Crippen LogP contribution in [0, 0.1) is 0 Å². The fraction of sp³-hybridized carbons (Fsp3) is 0.615. The molecule has 0 radical (unpaired) electrons. The van der Waals surface area contributed by atoms with E-state index in [1.54, 1.807) is 6.20 Å². The summed E-state index contributed by atoms with van der Waals surface area (Å²) in [4.78, 5) is 8.99. The molecule has 100 valence electrons. The normalized spacial score (nSPS) is 16.4. The lowest BCUT2D eigenvalue weighted by Crippen LogP contribution is -2.31. The third-order valence-corrected chi connectivity index (χ3v) is 3.42. The number of likely N-dealkylation sites (tertiary alicyclic amines) is 1. The van der Waals surface area contributed by atoms with Gasteiger partial charge in [-0.25, -0.2) is 10.8 Å². The minimum Gasteiger partial charge on any atom is -0.308 e. The van der Waals surface area contributed by atoms with Crippen LogP contribution < -0.4 is 11.3 Å². The number of hydrogen-bond donors (Lipinski definition) is 2. The zero-order valence-electron chi connectivity index (χ0n) is 11.1. The molecule has 0 amide bonds. The summed E-state index contributed by atoms with van der Waals surface area (Å²) in [6.07, 6.45) is 4.51. The Morgan fingerprint density at radius 2 is 2.22 bits per heavy atom. The zero-order valence-corrected chi connectivity index (χ0v) is 11.1. The van der Waals surface area contributed by atoms with Gasteiger partial charge in [-0.1, -0.05) is 0 Å². The molecule has 0 bridgehead atoms. The van der Waals surface area contributed by atoms with Crippen molar-refractivity contribution in [3.63, 3.8) is 0 Å². The minimum absolute atomic E-state index is 0.723. The van der Waals surface area contributed by atoms with Crippen LogP contribution in [0.4, 0.5) is 5.82 Å². The molecule has 0 aromatic carbocycles. The summed E-state index contributed by atoms with van der Waals surface area (Å²) in [5, 5.41) is 0. The summed E-state index contributed by atoms with van der Waals surface area (Å²) in [7, 11) is 2.16. The summed E-state index contributed by atoms with van der Waals surface area (Å²) < 4.78 is 0. The standard InChI is InChI=1S/C13H23N5/c1-17(8-9-18-6-2-3-7-18)11-12-4-5-15-13(10-12)16-14/h4-5,10H,2-3,6-9,11,14H2,1H3,(H,15,16). The third kappa shape index (κ3) is 3.94. The van der Waals surface area contributed by atoms with Crippen LogP contribution in [0.5, 0.6) is 0 Å². The lowest BCUT2D eigenvalue weighted by atomic mass is 10.2. The molecule has 5 nitrogen and oxygen atoms in total. The van der Waals surface area contributed by atoms with Gasteiger partial charge in [0.1, 0.15) is 5.82 Å². The first-order chi connectivity index (χ1) is 8.78. The zero-order chi connectivity index (χ0) is 12.8. The Morgan fingerprint density at radius 3 is 2.94 bits per heavy atom. The number of anilines is 1. The maximum atomic E-state index is 5.36. The van der Waals surface area contributed by atoms with Crippen molar-refractivity contribution < 1.29 is 0 Å². The number of nitrogens with two attached hydrogens (primary N) is 1. The Labute approximate surface area is 109 Å². The fourth-order valence-corrected chi connectivity index (χ4v) is 2.36. The summed E-state index contributed by atoms with van der Waals surface area (Å²) in [6.45, 7) is 5.75. The van der Waals surface area contributed by atoms with E-state index in [9.17, 15) is 0 Å². The van der Waals surface area contributed by atoms with E-state index < -0.39 is 0 Å². The fourth-order valence-electron chi connectivity index (χ4n) is 2.36. The molecule has 1 fully saturated rings. The van der Waals surface area contributed by atoms with E-state index in [-0.39, 0.29) is 0 Å². The Morgan fingerprint density at radius 1 is 1.44 bits per heavy atom. The highest BCUT2D eigenvalue weighted by Gasteiger charge is 2.11. The molecule has 3 N–H and O–H groups in total. The van der Waals surface area contributed by atoms with Crippen molar-refractivity contribution in [2.75, 3.05) is 38.7 Å². The maximum absolute atomic E-state index is 5.36. The molecular formula is C13H23N5. The smallest absolute Gasteiger partial charge is 0.140 e. The first kappa shape index (κ1) is 13.3. The number of rotatable bonds is 6. The number of aromatic nitrogens is 1. The van der Waals surface area contributed by atoms with Crippen LogP contribution in [0.3, 0.4) is 0 Å². The van der Waals surface area contributed by atoms with Crippen molar-refractivity contribution in [1.29, 1.82) is 0 Å². The lowest BCUT2D eigenvalue weighted by Gasteiger charge is -2.21. The molecule has 1 aliphatic heterocycles. The van der Waals surface area contributed by atoms with E-state index in [2.05, 4.69) is 27.3 Å². The highest BCUT2D eigenvalue weighted by molar-refractivity contribution is 5.35. The molecule has 1 aliphatic rings. The molecule has 5 heteroatoms. The average Bonchev–Trinajstić information content (AvgIpc) is 2.90. The van der Waals surface area contributed by atoms with E-state index in [1.165, 1.54) is 38.0 Å². The number of hydrogen-bond acceptors (Lipinski definition) is 5. The van der Waals surface area contributed by atoms with Gasteiger partial charge in [0.15, 0.2) is 0 Å². The Bertz CT molecular complexity index is 362. The number of nitrogens with one attached hydrogen (secondary N) is 1. The van der Waals surface area contributed by atoms with Gasteiger partial charge >= 0.3 is 0 Å². The Kier molecular flexibility index (Phi) is 4.92. The maximum Gasteiger partial charge on any atom is 0.140 e. The molecular weight excluding hydrogens is 226 g/mol. The van der Waals surface area contributed by atoms with Crippen molar-refractivity contribution in [3.8, 4) is 0 Å². The summed E-state index contributed by atoms with van der Waals surface area (Å²) in [5.74, 6) is 6.08.